The normalized spacial score (nSPS) is 10.8. The summed E-state index contributed by atoms with van der Waals surface area (Å²) < 4.78 is 1.72. The molecule has 0 spiro atoms. The van der Waals surface area contributed by atoms with Crippen molar-refractivity contribution in [3.8, 4) is 5.69 Å². The summed E-state index contributed by atoms with van der Waals surface area (Å²) >= 11 is 12.1. The summed E-state index contributed by atoms with van der Waals surface area (Å²) in [7, 11) is 0. The summed E-state index contributed by atoms with van der Waals surface area (Å²) in [6.45, 7) is 0. The molecule has 7 nitrogen and oxygen atoms in total. The summed E-state index contributed by atoms with van der Waals surface area (Å²) in [5.41, 5.74) is 3.33. The first kappa shape index (κ1) is 20.9. The molecule has 0 saturated carbocycles. The number of nitrogens with one attached hydrogen (secondary N) is 2. The average Bonchev–Trinajstić information content (AvgIpc) is 3.27. The fraction of sp³-hybridized carbons (Fsp3) is 0. The lowest BCUT2D eigenvalue weighted by Crippen LogP contribution is -2.12. The van der Waals surface area contributed by atoms with Crippen LogP contribution in [0.25, 0.3) is 16.7 Å². The number of hydrogen-bond donors (Lipinski definition) is 2. The molecule has 2 heterocycles. The van der Waals surface area contributed by atoms with Gasteiger partial charge in [-0.2, -0.15) is 5.10 Å². The molecule has 5 rings (SSSR count). The molecule has 0 fully saturated rings. The number of nitrogens with zero attached hydrogens (tertiary/aromatic N) is 4. The van der Waals surface area contributed by atoms with Gasteiger partial charge in [0.05, 0.1) is 28.0 Å². The van der Waals surface area contributed by atoms with Gasteiger partial charge in [0.25, 0.3) is 5.91 Å². The van der Waals surface area contributed by atoms with Crippen LogP contribution in [0.3, 0.4) is 0 Å². The predicted molar refractivity (Wildman–Crippen MR) is 131 cm³/mol. The molecule has 0 unspecified atom stereocenters. The Labute approximate surface area is 199 Å². The number of anilines is 3. The van der Waals surface area contributed by atoms with Gasteiger partial charge in [0, 0.05) is 16.3 Å². The van der Waals surface area contributed by atoms with Crippen molar-refractivity contribution in [3.05, 3.63) is 101 Å². The molecule has 162 valence electrons. The molecule has 2 N–H and O–H groups in total. The van der Waals surface area contributed by atoms with Crippen molar-refractivity contribution in [2.75, 3.05) is 10.6 Å². The van der Waals surface area contributed by atoms with Crippen molar-refractivity contribution in [3.63, 3.8) is 0 Å². The van der Waals surface area contributed by atoms with Crippen molar-refractivity contribution < 1.29 is 4.79 Å². The van der Waals surface area contributed by atoms with Gasteiger partial charge in [-0.1, -0.05) is 35.3 Å². The van der Waals surface area contributed by atoms with Gasteiger partial charge in [-0.15, -0.1) is 0 Å². The van der Waals surface area contributed by atoms with Crippen LogP contribution in [0, 0.1) is 0 Å². The molecule has 0 aliphatic carbocycles. The number of fused-ring (bicyclic) bond motifs is 1. The van der Waals surface area contributed by atoms with E-state index in [2.05, 4.69) is 25.7 Å². The highest BCUT2D eigenvalue weighted by Gasteiger charge is 2.12. The first-order valence-corrected chi connectivity index (χ1v) is 10.7. The Morgan fingerprint density at radius 3 is 2.39 bits per heavy atom. The van der Waals surface area contributed by atoms with Gasteiger partial charge in [0.1, 0.15) is 12.1 Å². The third-order valence-electron chi connectivity index (χ3n) is 4.97. The van der Waals surface area contributed by atoms with Gasteiger partial charge in [-0.25, -0.2) is 14.6 Å². The Balaban J connectivity index is 1.36. The molecule has 5 aromatic rings. The largest absolute Gasteiger partial charge is 0.340 e. The monoisotopic (exact) mass is 474 g/mol. The topological polar surface area (TPSA) is 84.7 Å². The zero-order chi connectivity index (χ0) is 22.8. The highest BCUT2D eigenvalue weighted by molar-refractivity contribution is 6.33. The summed E-state index contributed by atoms with van der Waals surface area (Å²) in [5, 5.41) is 12.4. The smallest absolute Gasteiger partial charge is 0.255 e. The van der Waals surface area contributed by atoms with E-state index in [1.165, 1.54) is 6.33 Å². The Morgan fingerprint density at radius 2 is 1.64 bits per heavy atom. The number of carbonyl (C=O) groups is 1. The van der Waals surface area contributed by atoms with Gasteiger partial charge in [-0.05, 0) is 60.7 Å². The maximum Gasteiger partial charge on any atom is 0.255 e. The van der Waals surface area contributed by atoms with E-state index in [0.29, 0.717) is 32.8 Å². The second-order valence-corrected chi connectivity index (χ2v) is 7.97. The van der Waals surface area contributed by atoms with Crippen LogP contribution in [0.1, 0.15) is 10.4 Å². The Bertz CT molecular complexity index is 1450. The van der Waals surface area contributed by atoms with Gasteiger partial charge in [0.2, 0.25) is 0 Å². The van der Waals surface area contributed by atoms with E-state index in [9.17, 15) is 4.79 Å². The molecule has 0 saturated heterocycles. The predicted octanol–water partition coefficient (Wildman–Crippen LogP) is 6.12. The first-order valence-electron chi connectivity index (χ1n) is 9.96. The standard InChI is InChI=1S/C24H16Cl2N6O/c25-16-7-11-18(12-8-16)32-23-19(13-29-32)22(27-14-28-23)30-17-9-5-15(6-10-17)24(33)31-21-4-2-1-3-20(21)26/h1-14H,(H,31,33)(H,27,28,30). The van der Waals surface area contributed by atoms with Gasteiger partial charge >= 0.3 is 0 Å². The lowest BCUT2D eigenvalue weighted by atomic mass is 10.2. The van der Waals surface area contributed by atoms with Gasteiger partial charge < -0.3 is 10.6 Å². The van der Waals surface area contributed by atoms with Gasteiger partial charge in [-0.3, -0.25) is 4.79 Å². The zero-order valence-electron chi connectivity index (χ0n) is 17.0. The number of hydrogen-bond acceptors (Lipinski definition) is 5. The van der Waals surface area contributed by atoms with Crippen LogP contribution in [0.5, 0.6) is 0 Å². The molecular formula is C24H16Cl2N6O. The molecule has 3 aromatic carbocycles. The van der Waals surface area contributed by atoms with Crippen LogP contribution < -0.4 is 10.6 Å². The van der Waals surface area contributed by atoms with Crippen LogP contribution in [-0.2, 0) is 0 Å². The molecule has 1 amide bonds. The number of rotatable bonds is 5. The minimum atomic E-state index is -0.247. The van der Waals surface area contributed by atoms with Crippen LogP contribution in [0.2, 0.25) is 10.0 Å². The number of para-hydroxylation sites is 1. The van der Waals surface area contributed by atoms with Crippen LogP contribution >= 0.6 is 23.2 Å². The second kappa shape index (κ2) is 8.90. The van der Waals surface area contributed by atoms with E-state index in [4.69, 9.17) is 23.2 Å². The molecular weight excluding hydrogens is 459 g/mol. The Hall–Kier alpha value is -3.94. The number of halogens is 2. The summed E-state index contributed by atoms with van der Waals surface area (Å²) in [4.78, 5) is 21.3. The number of amides is 1. The minimum Gasteiger partial charge on any atom is -0.340 e. The van der Waals surface area contributed by atoms with Crippen LogP contribution in [0.4, 0.5) is 17.2 Å². The van der Waals surface area contributed by atoms with E-state index in [1.807, 2.05) is 24.3 Å². The third kappa shape index (κ3) is 4.37. The van der Waals surface area contributed by atoms with Crippen molar-refractivity contribution in [2.45, 2.75) is 0 Å². The number of aromatic nitrogens is 4. The molecule has 0 bridgehead atoms. The highest BCUT2D eigenvalue weighted by Crippen LogP contribution is 2.26. The summed E-state index contributed by atoms with van der Waals surface area (Å²) in [6, 6.07) is 21.5. The Kier molecular flexibility index (Phi) is 5.64. The fourth-order valence-corrected chi connectivity index (χ4v) is 3.62. The van der Waals surface area contributed by atoms with Gasteiger partial charge in [0.15, 0.2) is 5.65 Å². The fourth-order valence-electron chi connectivity index (χ4n) is 3.31. The lowest BCUT2D eigenvalue weighted by Gasteiger charge is -2.09. The lowest BCUT2D eigenvalue weighted by molar-refractivity contribution is 0.102. The highest BCUT2D eigenvalue weighted by atomic mass is 35.5. The average molecular weight is 475 g/mol. The van der Waals surface area contributed by atoms with Crippen LogP contribution in [-0.4, -0.2) is 25.7 Å². The zero-order valence-corrected chi connectivity index (χ0v) is 18.5. The third-order valence-corrected chi connectivity index (χ3v) is 5.55. The molecule has 2 aromatic heterocycles. The van der Waals surface area contributed by atoms with E-state index in [-0.39, 0.29) is 5.91 Å². The molecule has 0 radical (unpaired) electrons. The molecule has 0 aliphatic rings. The summed E-state index contributed by atoms with van der Waals surface area (Å²) in [5.74, 6) is 0.358. The first-order chi connectivity index (χ1) is 16.1. The van der Waals surface area contributed by atoms with E-state index >= 15 is 0 Å². The maximum atomic E-state index is 12.5. The van der Waals surface area contributed by atoms with Crippen LogP contribution in [0.15, 0.2) is 85.3 Å². The molecule has 0 atom stereocenters. The number of benzene rings is 3. The van der Waals surface area contributed by atoms with Crippen molar-refractivity contribution >= 4 is 57.3 Å². The van der Waals surface area contributed by atoms with E-state index in [1.54, 1.807) is 59.4 Å². The quantitative estimate of drug-likeness (QED) is 0.320. The Morgan fingerprint density at radius 1 is 0.879 bits per heavy atom. The molecule has 0 aliphatic heterocycles. The second-order valence-electron chi connectivity index (χ2n) is 7.13. The number of carbonyl (C=O) groups excluding carboxylic acids is 1. The van der Waals surface area contributed by atoms with Crippen molar-refractivity contribution in [1.82, 2.24) is 19.7 Å². The molecule has 33 heavy (non-hydrogen) atoms. The maximum absolute atomic E-state index is 12.5. The van der Waals surface area contributed by atoms with Crippen molar-refractivity contribution in [1.29, 1.82) is 0 Å². The summed E-state index contributed by atoms with van der Waals surface area (Å²) in [6.07, 6.45) is 3.18. The minimum absolute atomic E-state index is 0.247. The van der Waals surface area contributed by atoms with E-state index in [0.717, 1.165) is 16.8 Å². The van der Waals surface area contributed by atoms with E-state index < -0.39 is 0 Å². The SMILES string of the molecule is O=C(Nc1ccccc1Cl)c1ccc(Nc2ncnc3c2cnn3-c2ccc(Cl)cc2)cc1. The molecule has 9 heteroatoms. The van der Waals surface area contributed by atoms with Crippen molar-refractivity contribution in [2.24, 2.45) is 0 Å².